The Kier molecular flexibility index (Phi) is 12.0. The maximum Gasteiger partial charge on any atom is 0.343 e. The lowest BCUT2D eigenvalue weighted by Crippen LogP contribution is -2.15. The highest BCUT2D eigenvalue weighted by Crippen LogP contribution is 2.39. The molecule has 0 aliphatic heterocycles. The molecule has 3 aromatic carbocycles. The second-order valence-electron chi connectivity index (χ2n) is 11.5. The first-order chi connectivity index (χ1) is 20.5. The van der Waals surface area contributed by atoms with Crippen LogP contribution in [0.2, 0.25) is 0 Å². The summed E-state index contributed by atoms with van der Waals surface area (Å²) in [5.74, 6) is 0.515. The van der Waals surface area contributed by atoms with Gasteiger partial charge in [0.1, 0.15) is 11.5 Å². The van der Waals surface area contributed by atoms with Crippen LogP contribution in [-0.4, -0.2) is 24.6 Å². The summed E-state index contributed by atoms with van der Waals surface area (Å²) >= 11 is 0. The third-order valence-electron chi connectivity index (χ3n) is 7.93. The monoisotopic (exact) mass is 570 g/mol. The van der Waals surface area contributed by atoms with E-state index in [2.05, 4.69) is 26.0 Å². The average Bonchev–Trinajstić information content (AvgIpc) is 3.36. The summed E-state index contributed by atoms with van der Waals surface area (Å²) in [6.45, 7) is 7.09. The fourth-order valence-corrected chi connectivity index (χ4v) is 5.47. The molecule has 224 valence electrons. The lowest BCUT2D eigenvalue weighted by Gasteiger charge is -2.13. The fraction of sp³-hybridized carbons (Fsp3) is 0.459. The van der Waals surface area contributed by atoms with Gasteiger partial charge in [-0.15, -0.1) is 0 Å². The van der Waals surface area contributed by atoms with Crippen LogP contribution in [-0.2, 0) is 11.2 Å². The van der Waals surface area contributed by atoms with E-state index in [9.17, 15) is 9.59 Å². The van der Waals surface area contributed by atoms with E-state index in [4.69, 9.17) is 14.2 Å². The smallest absolute Gasteiger partial charge is 0.343 e. The predicted octanol–water partition coefficient (Wildman–Crippen LogP) is 9.73. The van der Waals surface area contributed by atoms with Gasteiger partial charge in [0.15, 0.2) is 0 Å². The van der Waals surface area contributed by atoms with E-state index < -0.39 is 5.97 Å². The molecule has 42 heavy (non-hydrogen) atoms. The van der Waals surface area contributed by atoms with Crippen molar-refractivity contribution in [1.29, 1.82) is 0 Å². The molecule has 0 aromatic heterocycles. The van der Waals surface area contributed by atoms with Crippen molar-refractivity contribution in [3.63, 3.8) is 0 Å². The number of benzene rings is 3. The first-order valence-electron chi connectivity index (χ1n) is 15.9. The highest BCUT2D eigenvalue weighted by Gasteiger charge is 2.21. The highest BCUT2D eigenvalue weighted by atomic mass is 16.5. The number of fused-ring (bicyclic) bond motifs is 3. The van der Waals surface area contributed by atoms with E-state index in [0.717, 1.165) is 55.6 Å². The zero-order valence-corrected chi connectivity index (χ0v) is 25.6. The Morgan fingerprint density at radius 3 is 2.00 bits per heavy atom. The largest absolute Gasteiger partial charge is 0.494 e. The standard InChI is InChI=1S/C37H46O5/c1-4-6-8-10-11-13-23-40-33-20-22-35-31(26-33)25-30-24-29(17-21-34(30)35)37(39)42-32-18-15-28(16-19-32)36(38)41-27(3)14-12-9-7-5-2/h15-22,24,26-27H,4-14,23,25H2,1-3H3. The van der Waals surface area contributed by atoms with Crippen LogP contribution in [0.1, 0.15) is 123 Å². The SMILES string of the molecule is CCCCCCCCOc1ccc2c(c1)Cc1cc(C(=O)Oc3ccc(C(=O)OC(C)CCCCCC)cc3)ccc1-2. The maximum atomic E-state index is 12.9. The number of carbonyl (C=O) groups excluding carboxylic acids is 2. The molecular formula is C37H46O5. The Labute approximate surface area is 251 Å². The number of rotatable bonds is 17. The van der Waals surface area contributed by atoms with Gasteiger partial charge in [-0.2, -0.15) is 0 Å². The summed E-state index contributed by atoms with van der Waals surface area (Å²) in [6, 6.07) is 18.6. The lowest BCUT2D eigenvalue weighted by atomic mass is 10.0. The molecule has 1 unspecified atom stereocenters. The minimum atomic E-state index is -0.423. The molecule has 1 atom stereocenters. The zero-order valence-electron chi connectivity index (χ0n) is 25.6. The van der Waals surface area contributed by atoms with E-state index >= 15 is 0 Å². The zero-order chi connectivity index (χ0) is 29.7. The Hall–Kier alpha value is -3.60. The first-order valence-corrected chi connectivity index (χ1v) is 15.9. The van der Waals surface area contributed by atoms with Gasteiger partial charge < -0.3 is 14.2 Å². The quantitative estimate of drug-likeness (QED) is 0.0718. The Morgan fingerprint density at radius 1 is 0.667 bits per heavy atom. The summed E-state index contributed by atoms with van der Waals surface area (Å²) in [5, 5.41) is 0. The van der Waals surface area contributed by atoms with E-state index in [1.807, 2.05) is 31.2 Å². The third kappa shape index (κ3) is 8.95. The molecule has 0 spiro atoms. The van der Waals surface area contributed by atoms with Gasteiger partial charge in [0.25, 0.3) is 0 Å². The van der Waals surface area contributed by atoms with Crippen molar-refractivity contribution >= 4 is 11.9 Å². The van der Waals surface area contributed by atoms with Gasteiger partial charge in [0, 0.05) is 0 Å². The van der Waals surface area contributed by atoms with Crippen LogP contribution in [0.4, 0.5) is 0 Å². The van der Waals surface area contributed by atoms with E-state index in [-0.39, 0.29) is 12.1 Å². The minimum Gasteiger partial charge on any atom is -0.494 e. The summed E-state index contributed by atoms with van der Waals surface area (Å²) in [7, 11) is 0. The first kappa shape index (κ1) is 31.3. The van der Waals surface area contributed by atoms with Crippen LogP contribution < -0.4 is 9.47 Å². The van der Waals surface area contributed by atoms with E-state index in [1.165, 1.54) is 56.1 Å². The molecule has 0 saturated carbocycles. The van der Waals surface area contributed by atoms with Gasteiger partial charge in [-0.1, -0.05) is 77.3 Å². The summed E-state index contributed by atoms with van der Waals surface area (Å²) in [4.78, 5) is 25.4. The number of ether oxygens (including phenoxy) is 3. The van der Waals surface area contributed by atoms with Crippen molar-refractivity contribution in [3.05, 3.63) is 82.9 Å². The molecule has 0 heterocycles. The van der Waals surface area contributed by atoms with Crippen molar-refractivity contribution in [2.24, 2.45) is 0 Å². The molecule has 0 bridgehead atoms. The molecule has 3 aromatic rings. The second kappa shape index (κ2) is 16.1. The van der Waals surface area contributed by atoms with Crippen LogP contribution in [0.25, 0.3) is 11.1 Å². The summed E-state index contributed by atoms with van der Waals surface area (Å²) in [6.07, 6.45) is 13.6. The van der Waals surface area contributed by atoms with Crippen LogP contribution >= 0.6 is 0 Å². The number of hydrogen-bond acceptors (Lipinski definition) is 5. The molecule has 0 saturated heterocycles. The fourth-order valence-electron chi connectivity index (χ4n) is 5.47. The highest BCUT2D eigenvalue weighted by molar-refractivity contribution is 5.93. The Balaban J connectivity index is 1.27. The topological polar surface area (TPSA) is 61.8 Å². The number of hydrogen-bond donors (Lipinski definition) is 0. The van der Waals surface area contributed by atoms with Crippen molar-refractivity contribution < 1.29 is 23.8 Å². The van der Waals surface area contributed by atoms with Gasteiger partial charge in [-0.05, 0) is 103 Å². The molecule has 4 rings (SSSR count). The van der Waals surface area contributed by atoms with Crippen molar-refractivity contribution in [2.45, 2.75) is 104 Å². The van der Waals surface area contributed by atoms with Gasteiger partial charge >= 0.3 is 11.9 Å². The molecule has 5 nitrogen and oxygen atoms in total. The lowest BCUT2D eigenvalue weighted by molar-refractivity contribution is 0.0319. The van der Waals surface area contributed by atoms with Crippen LogP contribution in [0, 0.1) is 0 Å². The van der Waals surface area contributed by atoms with Crippen molar-refractivity contribution in [1.82, 2.24) is 0 Å². The summed E-state index contributed by atoms with van der Waals surface area (Å²) < 4.78 is 17.2. The molecular weight excluding hydrogens is 524 g/mol. The van der Waals surface area contributed by atoms with Crippen molar-refractivity contribution in [3.8, 4) is 22.6 Å². The van der Waals surface area contributed by atoms with Gasteiger partial charge in [0.2, 0.25) is 0 Å². The minimum absolute atomic E-state index is 0.123. The maximum absolute atomic E-state index is 12.9. The van der Waals surface area contributed by atoms with Crippen LogP contribution in [0.15, 0.2) is 60.7 Å². The molecule has 1 aliphatic rings. The second-order valence-corrected chi connectivity index (χ2v) is 11.5. The average molecular weight is 571 g/mol. The Morgan fingerprint density at radius 2 is 1.26 bits per heavy atom. The van der Waals surface area contributed by atoms with E-state index in [1.54, 1.807) is 24.3 Å². The summed E-state index contributed by atoms with van der Waals surface area (Å²) in [5.41, 5.74) is 5.60. The molecule has 5 heteroatoms. The molecule has 1 aliphatic carbocycles. The van der Waals surface area contributed by atoms with E-state index in [0.29, 0.717) is 16.9 Å². The molecule has 0 amide bonds. The third-order valence-corrected chi connectivity index (χ3v) is 7.93. The van der Waals surface area contributed by atoms with Crippen LogP contribution in [0.3, 0.4) is 0 Å². The molecule has 0 N–H and O–H groups in total. The van der Waals surface area contributed by atoms with Gasteiger partial charge in [-0.25, -0.2) is 9.59 Å². The van der Waals surface area contributed by atoms with Gasteiger partial charge in [0.05, 0.1) is 23.8 Å². The van der Waals surface area contributed by atoms with Crippen molar-refractivity contribution in [2.75, 3.05) is 6.61 Å². The normalized spacial score (nSPS) is 12.4. The number of carbonyl (C=O) groups is 2. The van der Waals surface area contributed by atoms with Gasteiger partial charge in [-0.3, -0.25) is 0 Å². The predicted molar refractivity (Wildman–Crippen MR) is 169 cm³/mol. The molecule has 0 fully saturated rings. The number of esters is 2. The van der Waals surface area contributed by atoms with Crippen LogP contribution in [0.5, 0.6) is 11.5 Å². The Bertz CT molecular complexity index is 1310. The number of unbranched alkanes of at least 4 members (excludes halogenated alkanes) is 8. The molecule has 0 radical (unpaired) electrons.